The van der Waals surface area contributed by atoms with Gasteiger partial charge in [0.2, 0.25) is 0 Å². The molecule has 2 unspecified atom stereocenters. The lowest BCUT2D eigenvalue weighted by molar-refractivity contribution is 0.0481. The summed E-state index contributed by atoms with van der Waals surface area (Å²) in [5.74, 6) is 0.274. The lowest BCUT2D eigenvalue weighted by Crippen LogP contribution is -2.32. The van der Waals surface area contributed by atoms with E-state index >= 15 is 0 Å². The summed E-state index contributed by atoms with van der Waals surface area (Å²) in [4.78, 5) is 9.14. The number of hydrogen-bond acceptors (Lipinski definition) is 5. The first kappa shape index (κ1) is 19.2. The zero-order chi connectivity index (χ0) is 19.2. The summed E-state index contributed by atoms with van der Waals surface area (Å²) in [6, 6.07) is 12.0. The van der Waals surface area contributed by atoms with E-state index < -0.39 is 0 Å². The van der Waals surface area contributed by atoms with Gasteiger partial charge in [0.05, 0.1) is 35.5 Å². The molecule has 4 rings (SSSR count). The Kier molecular flexibility index (Phi) is 6.45. The standard InChI is InChI=1S/C22H27N4OP/c28-15-14-27-16-6-5-7-17-18(11-10-16)22(20-9-2-4-13-24-20)26-25-21(17)19-8-1-3-12-23-19/h1-4,8-9,12-13,16-17,26H,5-7,10-11,14-15,28H2/t16-,17?/m1/s1. The van der Waals surface area contributed by atoms with Gasteiger partial charge in [0, 0.05) is 18.3 Å². The van der Waals surface area contributed by atoms with Crippen LogP contribution in [-0.4, -0.2) is 34.6 Å². The molecule has 6 heteroatoms. The van der Waals surface area contributed by atoms with Crippen LogP contribution < -0.4 is 5.43 Å². The molecule has 1 N–H and O–H groups in total. The minimum atomic E-state index is 0.274. The number of allylic oxidation sites excluding steroid dienone is 1. The Hall–Kier alpha value is -2.10. The minimum absolute atomic E-state index is 0.274. The van der Waals surface area contributed by atoms with Gasteiger partial charge < -0.3 is 4.74 Å². The van der Waals surface area contributed by atoms with Crippen molar-refractivity contribution in [2.75, 3.05) is 12.8 Å². The molecule has 0 amide bonds. The van der Waals surface area contributed by atoms with Crippen molar-refractivity contribution < 1.29 is 4.74 Å². The van der Waals surface area contributed by atoms with Crippen LogP contribution in [0, 0.1) is 5.92 Å². The molecule has 0 spiro atoms. The van der Waals surface area contributed by atoms with Crippen molar-refractivity contribution in [1.29, 1.82) is 0 Å². The zero-order valence-corrected chi connectivity index (χ0v) is 17.2. The fourth-order valence-corrected chi connectivity index (χ4v) is 4.25. The number of nitrogens with zero attached hydrogens (tertiary/aromatic N) is 3. The van der Waals surface area contributed by atoms with Crippen LogP contribution in [0.2, 0.25) is 0 Å². The molecule has 28 heavy (non-hydrogen) atoms. The number of nitrogens with one attached hydrogen (secondary N) is 1. The number of hydrazone groups is 1. The van der Waals surface area contributed by atoms with Crippen LogP contribution in [0.25, 0.3) is 5.70 Å². The van der Waals surface area contributed by atoms with Crippen LogP contribution in [0.1, 0.15) is 43.5 Å². The van der Waals surface area contributed by atoms with Crippen molar-refractivity contribution in [3.63, 3.8) is 0 Å². The maximum absolute atomic E-state index is 6.08. The second-order valence-corrected chi connectivity index (χ2v) is 7.82. The Balaban J connectivity index is 1.67. The van der Waals surface area contributed by atoms with Gasteiger partial charge in [-0.2, -0.15) is 5.10 Å². The highest BCUT2D eigenvalue weighted by Gasteiger charge is 2.32. The van der Waals surface area contributed by atoms with Crippen LogP contribution in [0.4, 0.5) is 0 Å². The van der Waals surface area contributed by atoms with Crippen LogP contribution in [0.5, 0.6) is 0 Å². The van der Waals surface area contributed by atoms with Gasteiger partial charge in [-0.05, 0) is 68.1 Å². The molecular formula is C22H27N4OP. The van der Waals surface area contributed by atoms with E-state index in [1.165, 1.54) is 5.57 Å². The van der Waals surface area contributed by atoms with Gasteiger partial charge in [-0.1, -0.05) is 12.1 Å². The van der Waals surface area contributed by atoms with Gasteiger partial charge in [0.15, 0.2) is 0 Å². The van der Waals surface area contributed by atoms with E-state index in [9.17, 15) is 0 Å². The Morgan fingerprint density at radius 1 is 1.00 bits per heavy atom. The van der Waals surface area contributed by atoms with Gasteiger partial charge in [-0.15, -0.1) is 9.24 Å². The van der Waals surface area contributed by atoms with E-state index in [1.54, 1.807) is 0 Å². The van der Waals surface area contributed by atoms with Crippen molar-refractivity contribution in [2.45, 2.75) is 38.2 Å². The third-order valence-electron chi connectivity index (χ3n) is 5.43. The van der Waals surface area contributed by atoms with E-state index in [0.29, 0.717) is 6.10 Å². The van der Waals surface area contributed by atoms with Crippen molar-refractivity contribution in [2.24, 2.45) is 11.0 Å². The number of fused-ring (bicyclic) bond motifs is 1. The summed E-state index contributed by atoms with van der Waals surface area (Å²) in [6.45, 7) is 0.809. The minimum Gasteiger partial charge on any atom is -0.378 e. The summed E-state index contributed by atoms with van der Waals surface area (Å²) in [5, 5.41) is 4.76. The van der Waals surface area contributed by atoms with E-state index in [1.807, 2.05) is 42.7 Å². The molecule has 3 heterocycles. The lowest BCUT2D eigenvalue weighted by Gasteiger charge is -2.32. The highest BCUT2D eigenvalue weighted by atomic mass is 31.0. The molecule has 0 saturated heterocycles. The van der Waals surface area contributed by atoms with Crippen molar-refractivity contribution in [1.82, 2.24) is 15.4 Å². The van der Waals surface area contributed by atoms with Crippen LogP contribution in [0.3, 0.4) is 0 Å². The summed E-state index contributed by atoms with van der Waals surface area (Å²) < 4.78 is 6.08. The molecule has 0 aromatic carbocycles. The monoisotopic (exact) mass is 394 g/mol. The number of rotatable bonds is 5. The zero-order valence-electron chi connectivity index (χ0n) is 16.1. The first-order chi connectivity index (χ1) is 13.9. The van der Waals surface area contributed by atoms with E-state index in [4.69, 9.17) is 9.84 Å². The summed E-state index contributed by atoms with van der Waals surface area (Å²) in [5.41, 5.74) is 8.69. The van der Waals surface area contributed by atoms with Crippen LogP contribution in [0.15, 0.2) is 59.5 Å². The maximum atomic E-state index is 6.08. The van der Waals surface area contributed by atoms with Crippen molar-refractivity contribution in [3.8, 4) is 0 Å². The molecule has 5 nitrogen and oxygen atoms in total. The molecule has 0 radical (unpaired) electrons. The van der Waals surface area contributed by atoms with Gasteiger partial charge in [0.1, 0.15) is 0 Å². The van der Waals surface area contributed by atoms with Gasteiger partial charge in [0.25, 0.3) is 0 Å². The number of aromatic nitrogens is 2. The topological polar surface area (TPSA) is 59.4 Å². The van der Waals surface area contributed by atoms with Crippen molar-refractivity contribution in [3.05, 3.63) is 65.8 Å². The second kappa shape index (κ2) is 9.40. The smallest absolute Gasteiger partial charge is 0.0935 e. The Morgan fingerprint density at radius 2 is 1.79 bits per heavy atom. The SMILES string of the molecule is PCCO[C@@H]1CCCC2C(c3ccccn3)=NNC(c3ccccn3)=C2CC1. The Morgan fingerprint density at radius 3 is 2.50 bits per heavy atom. The summed E-state index contributed by atoms with van der Waals surface area (Å²) >= 11 is 0. The van der Waals surface area contributed by atoms with Crippen LogP contribution >= 0.6 is 9.24 Å². The average Bonchev–Trinajstić information content (AvgIpc) is 2.74. The molecule has 1 saturated carbocycles. The highest BCUT2D eigenvalue weighted by molar-refractivity contribution is 7.16. The maximum Gasteiger partial charge on any atom is 0.0935 e. The summed E-state index contributed by atoms with van der Waals surface area (Å²) in [7, 11) is 2.74. The molecule has 2 aliphatic rings. The molecule has 2 aromatic rings. The van der Waals surface area contributed by atoms with Crippen molar-refractivity contribution >= 4 is 20.6 Å². The molecule has 1 aliphatic carbocycles. The van der Waals surface area contributed by atoms with Gasteiger partial charge in [-0.3, -0.25) is 15.4 Å². The molecule has 3 atom stereocenters. The molecule has 0 bridgehead atoms. The second-order valence-electron chi connectivity index (χ2n) is 7.24. The third-order valence-corrected chi connectivity index (χ3v) is 5.67. The molecule has 146 valence electrons. The largest absolute Gasteiger partial charge is 0.378 e. The van der Waals surface area contributed by atoms with Gasteiger partial charge in [-0.25, -0.2) is 0 Å². The first-order valence-electron chi connectivity index (χ1n) is 10.1. The highest BCUT2D eigenvalue weighted by Crippen LogP contribution is 2.37. The fraction of sp³-hybridized carbons (Fsp3) is 0.409. The first-order valence-corrected chi connectivity index (χ1v) is 10.9. The number of hydrogen-bond donors (Lipinski definition) is 1. The molecule has 2 aromatic heterocycles. The lowest BCUT2D eigenvalue weighted by atomic mass is 9.79. The molecular weight excluding hydrogens is 367 g/mol. The number of pyridine rings is 2. The van der Waals surface area contributed by atoms with E-state index in [0.717, 1.165) is 67.7 Å². The number of ether oxygens (including phenoxy) is 1. The predicted octanol–water partition coefficient (Wildman–Crippen LogP) is 4.04. The normalized spacial score (nSPS) is 22.5. The molecule has 1 aliphatic heterocycles. The predicted molar refractivity (Wildman–Crippen MR) is 116 cm³/mol. The van der Waals surface area contributed by atoms with E-state index in [2.05, 4.69) is 30.7 Å². The Bertz CT molecular complexity index is 838. The van der Waals surface area contributed by atoms with E-state index in [-0.39, 0.29) is 5.92 Å². The quantitative estimate of drug-likeness (QED) is 0.778. The average molecular weight is 394 g/mol. The third kappa shape index (κ3) is 4.31. The van der Waals surface area contributed by atoms with Gasteiger partial charge >= 0.3 is 0 Å². The fourth-order valence-electron chi connectivity index (χ4n) is 4.11. The molecule has 1 fully saturated rings. The van der Waals surface area contributed by atoms with Crippen LogP contribution in [-0.2, 0) is 4.74 Å². The summed E-state index contributed by atoms with van der Waals surface area (Å²) in [6.07, 6.45) is 10.3. The Labute approximate surface area is 168 Å².